The maximum Gasteiger partial charge on any atom is 0.0628 e. The van der Waals surface area contributed by atoms with Gasteiger partial charge in [0.2, 0.25) is 0 Å². The zero-order chi connectivity index (χ0) is 15.2. The third kappa shape index (κ3) is 4.19. The van der Waals surface area contributed by atoms with Crippen LogP contribution in [0.5, 0.6) is 0 Å². The molecule has 1 aliphatic carbocycles. The van der Waals surface area contributed by atoms with Gasteiger partial charge < -0.3 is 5.32 Å². The van der Waals surface area contributed by atoms with Crippen molar-refractivity contribution in [1.82, 2.24) is 15.1 Å². The van der Waals surface area contributed by atoms with Gasteiger partial charge in [0.05, 0.1) is 5.69 Å². The third-order valence-electron chi connectivity index (χ3n) is 4.96. The topological polar surface area (TPSA) is 29.9 Å². The predicted octanol–water partition coefficient (Wildman–Crippen LogP) is 3.84. The Balaban J connectivity index is 2.01. The summed E-state index contributed by atoms with van der Waals surface area (Å²) in [5.41, 5.74) is 5.58. The largest absolute Gasteiger partial charge is 0.313 e. The van der Waals surface area contributed by atoms with Crippen molar-refractivity contribution >= 4 is 0 Å². The lowest BCUT2D eigenvalue weighted by atomic mass is 9.91. The molecule has 1 heterocycles. The number of allylic oxidation sites excluding steroid dienone is 1. The van der Waals surface area contributed by atoms with Crippen molar-refractivity contribution in [1.29, 1.82) is 0 Å². The first-order chi connectivity index (χ1) is 10.1. The highest BCUT2D eigenvalue weighted by molar-refractivity contribution is 5.25. The van der Waals surface area contributed by atoms with Crippen LogP contribution in [0.4, 0.5) is 0 Å². The van der Waals surface area contributed by atoms with Gasteiger partial charge in [-0.25, -0.2) is 0 Å². The fourth-order valence-corrected chi connectivity index (χ4v) is 3.52. The Morgan fingerprint density at radius 1 is 1.24 bits per heavy atom. The van der Waals surface area contributed by atoms with Gasteiger partial charge in [0, 0.05) is 18.8 Å². The second kappa shape index (κ2) is 7.79. The highest BCUT2D eigenvalue weighted by Gasteiger charge is 2.16. The van der Waals surface area contributed by atoms with Gasteiger partial charge in [0.25, 0.3) is 0 Å². The highest BCUT2D eigenvalue weighted by Crippen LogP contribution is 2.23. The van der Waals surface area contributed by atoms with Crippen molar-refractivity contribution in [3.8, 4) is 0 Å². The van der Waals surface area contributed by atoms with E-state index in [0.717, 1.165) is 6.42 Å². The number of rotatable bonds is 5. The number of nitrogens with one attached hydrogen (secondary N) is 1. The van der Waals surface area contributed by atoms with Crippen molar-refractivity contribution in [2.75, 3.05) is 7.05 Å². The molecule has 1 unspecified atom stereocenters. The molecule has 0 bridgehead atoms. The molecule has 21 heavy (non-hydrogen) atoms. The van der Waals surface area contributed by atoms with Gasteiger partial charge in [0.15, 0.2) is 0 Å². The van der Waals surface area contributed by atoms with Gasteiger partial charge in [-0.3, -0.25) is 4.68 Å². The molecule has 0 radical (unpaired) electrons. The minimum Gasteiger partial charge on any atom is -0.313 e. The highest BCUT2D eigenvalue weighted by atomic mass is 15.3. The zero-order valence-electron chi connectivity index (χ0n) is 14.2. The summed E-state index contributed by atoms with van der Waals surface area (Å²) in [6.45, 7) is 4.31. The van der Waals surface area contributed by atoms with Crippen molar-refractivity contribution in [3.63, 3.8) is 0 Å². The molecule has 0 saturated heterocycles. The molecule has 0 fully saturated rings. The van der Waals surface area contributed by atoms with E-state index in [1.165, 1.54) is 61.9 Å². The van der Waals surface area contributed by atoms with Gasteiger partial charge in [0.1, 0.15) is 0 Å². The van der Waals surface area contributed by atoms with Gasteiger partial charge in [-0.05, 0) is 65.0 Å². The van der Waals surface area contributed by atoms with E-state index < -0.39 is 0 Å². The molecule has 1 N–H and O–H groups in total. The molecule has 0 aliphatic heterocycles. The van der Waals surface area contributed by atoms with Gasteiger partial charge in [-0.1, -0.05) is 24.5 Å². The lowest BCUT2D eigenvalue weighted by Crippen LogP contribution is -2.28. The second-order valence-corrected chi connectivity index (χ2v) is 6.38. The Kier molecular flexibility index (Phi) is 6.04. The Hall–Kier alpha value is -1.09. The average Bonchev–Trinajstić information content (AvgIpc) is 2.66. The smallest absolute Gasteiger partial charge is 0.0628 e. The molecule has 1 aliphatic rings. The summed E-state index contributed by atoms with van der Waals surface area (Å²) < 4.78 is 2.01. The van der Waals surface area contributed by atoms with Crippen molar-refractivity contribution in [2.24, 2.45) is 7.05 Å². The molecule has 0 amide bonds. The van der Waals surface area contributed by atoms with Crippen LogP contribution in [0.3, 0.4) is 0 Å². The summed E-state index contributed by atoms with van der Waals surface area (Å²) in [5, 5.41) is 8.08. The first kappa shape index (κ1) is 16.3. The second-order valence-electron chi connectivity index (χ2n) is 6.38. The van der Waals surface area contributed by atoms with Crippen LogP contribution in [-0.4, -0.2) is 22.9 Å². The molecule has 0 saturated carbocycles. The minimum absolute atomic E-state index is 0.530. The van der Waals surface area contributed by atoms with Gasteiger partial charge >= 0.3 is 0 Å². The maximum atomic E-state index is 4.54. The fourth-order valence-electron chi connectivity index (χ4n) is 3.52. The summed E-state index contributed by atoms with van der Waals surface area (Å²) in [5.74, 6) is 0. The van der Waals surface area contributed by atoms with Crippen LogP contribution in [0, 0.1) is 13.8 Å². The lowest BCUT2D eigenvalue weighted by molar-refractivity contribution is 0.534. The van der Waals surface area contributed by atoms with Crippen LogP contribution < -0.4 is 5.32 Å². The number of hydrogen-bond acceptors (Lipinski definition) is 2. The molecule has 118 valence electrons. The van der Waals surface area contributed by atoms with E-state index in [-0.39, 0.29) is 0 Å². The third-order valence-corrected chi connectivity index (χ3v) is 4.96. The first-order valence-corrected chi connectivity index (χ1v) is 8.48. The molecule has 3 nitrogen and oxygen atoms in total. The summed E-state index contributed by atoms with van der Waals surface area (Å²) in [6, 6.07) is 0.530. The minimum atomic E-state index is 0.530. The quantitative estimate of drug-likeness (QED) is 0.835. The van der Waals surface area contributed by atoms with Crippen LogP contribution in [0.15, 0.2) is 11.6 Å². The van der Waals surface area contributed by atoms with Crippen LogP contribution >= 0.6 is 0 Å². The Morgan fingerprint density at radius 3 is 2.67 bits per heavy atom. The molecule has 0 spiro atoms. The summed E-state index contributed by atoms with van der Waals surface area (Å²) >= 11 is 0. The Bertz CT molecular complexity index is 485. The van der Waals surface area contributed by atoms with E-state index in [2.05, 4.69) is 37.4 Å². The van der Waals surface area contributed by atoms with Crippen LogP contribution in [0.2, 0.25) is 0 Å². The standard InChI is InChI=1S/C18H31N3/c1-14-17(15(2)21(4)20-14)12-13-18(19-3)16-10-8-6-5-7-9-11-16/h10,18-19H,5-9,11-13H2,1-4H3. The van der Waals surface area contributed by atoms with E-state index in [1.54, 1.807) is 5.57 Å². The molecular weight excluding hydrogens is 258 g/mol. The van der Waals surface area contributed by atoms with Gasteiger partial charge in [-0.2, -0.15) is 5.10 Å². The van der Waals surface area contributed by atoms with Crippen LogP contribution in [0.25, 0.3) is 0 Å². The van der Waals surface area contributed by atoms with Crippen molar-refractivity contribution < 1.29 is 0 Å². The number of nitrogens with zero attached hydrogens (tertiary/aromatic N) is 2. The molecule has 3 heteroatoms. The maximum absolute atomic E-state index is 4.54. The number of aryl methyl sites for hydroxylation is 2. The first-order valence-electron chi connectivity index (χ1n) is 8.48. The number of hydrogen-bond donors (Lipinski definition) is 1. The fraction of sp³-hybridized carbons (Fsp3) is 0.722. The average molecular weight is 289 g/mol. The van der Waals surface area contributed by atoms with Crippen LogP contribution in [0.1, 0.15) is 61.9 Å². The predicted molar refractivity (Wildman–Crippen MR) is 89.6 cm³/mol. The molecule has 1 aromatic heterocycles. The van der Waals surface area contributed by atoms with Crippen LogP contribution in [-0.2, 0) is 13.5 Å². The number of likely N-dealkylation sites (N-methyl/N-ethyl adjacent to an activating group) is 1. The van der Waals surface area contributed by atoms with E-state index in [1.807, 2.05) is 11.7 Å². The van der Waals surface area contributed by atoms with Crippen molar-refractivity contribution in [3.05, 3.63) is 28.6 Å². The molecule has 1 atom stereocenters. The molecule has 2 rings (SSSR count). The lowest BCUT2D eigenvalue weighted by Gasteiger charge is -2.22. The summed E-state index contributed by atoms with van der Waals surface area (Å²) in [6.07, 6.45) is 12.9. The zero-order valence-corrected chi connectivity index (χ0v) is 14.2. The Labute approximate surface area is 129 Å². The van der Waals surface area contributed by atoms with E-state index in [9.17, 15) is 0 Å². The van der Waals surface area contributed by atoms with E-state index in [0.29, 0.717) is 6.04 Å². The monoisotopic (exact) mass is 289 g/mol. The number of aromatic nitrogens is 2. The molecular formula is C18H31N3. The van der Waals surface area contributed by atoms with Crippen molar-refractivity contribution in [2.45, 2.75) is 71.3 Å². The SMILES string of the molecule is CNC(CCc1c(C)nn(C)c1C)C1=CCCCCCC1. The molecule has 1 aromatic rings. The van der Waals surface area contributed by atoms with Gasteiger partial charge in [-0.15, -0.1) is 0 Å². The van der Waals surface area contributed by atoms with E-state index >= 15 is 0 Å². The summed E-state index contributed by atoms with van der Waals surface area (Å²) in [7, 11) is 4.14. The normalized spacial score (nSPS) is 18.0. The molecule has 0 aromatic carbocycles. The Morgan fingerprint density at radius 2 is 2.00 bits per heavy atom. The summed E-state index contributed by atoms with van der Waals surface area (Å²) in [4.78, 5) is 0. The van der Waals surface area contributed by atoms with E-state index in [4.69, 9.17) is 0 Å².